The molecule has 5 heteroatoms. The van der Waals surface area contributed by atoms with Crippen LogP contribution in [0.15, 0.2) is 67.1 Å². The standard InChI is InChI=1S/C21H19N5/c1-14-8-9-17(11-15(14)2)25-19-12-20(24-13-23-19)26-18-7-3-5-16-6-4-10-22-21(16)18/h3-13H,1-2H3,(H2,23,24,25,26). The maximum atomic E-state index is 4.46. The number of benzene rings is 2. The van der Waals surface area contributed by atoms with E-state index in [1.807, 2.05) is 42.5 Å². The molecular formula is C21H19N5. The van der Waals surface area contributed by atoms with E-state index in [4.69, 9.17) is 0 Å². The van der Waals surface area contributed by atoms with Gasteiger partial charge < -0.3 is 10.6 Å². The summed E-state index contributed by atoms with van der Waals surface area (Å²) in [4.78, 5) is 13.1. The average Bonchev–Trinajstić information content (AvgIpc) is 2.65. The van der Waals surface area contributed by atoms with Gasteiger partial charge in [-0.05, 0) is 49.2 Å². The van der Waals surface area contributed by atoms with E-state index in [-0.39, 0.29) is 0 Å². The lowest BCUT2D eigenvalue weighted by molar-refractivity contribution is 1.17. The number of hydrogen-bond donors (Lipinski definition) is 2. The van der Waals surface area contributed by atoms with Crippen LogP contribution in [0.5, 0.6) is 0 Å². The highest BCUT2D eigenvalue weighted by molar-refractivity contribution is 5.91. The van der Waals surface area contributed by atoms with Crippen molar-refractivity contribution in [1.29, 1.82) is 0 Å². The number of hydrogen-bond acceptors (Lipinski definition) is 5. The summed E-state index contributed by atoms with van der Waals surface area (Å²) in [6.45, 7) is 4.20. The van der Waals surface area contributed by atoms with Crippen LogP contribution < -0.4 is 10.6 Å². The van der Waals surface area contributed by atoms with Crippen LogP contribution in [0, 0.1) is 13.8 Å². The third kappa shape index (κ3) is 3.32. The van der Waals surface area contributed by atoms with Crippen molar-refractivity contribution in [3.8, 4) is 0 Å². The van der Waals surface area contributed by atoms with Gasteiger partial charge in [-0.25, -0.2) is 9.97 Å². The molecule has 0 atom stereocenters. The molecule has 0 saturated carbocycles. The van der Waals surface area contributed by atoms with Crippen LogP contribution in [-0.4, -0.2) is 15.0 Å². The Morgan fingerprint density at radius 3 is 2.38 bits per heavy atom. The first-order valence-electron chi connectivity index (χ1n) is 8.46. The summed E-state index contributed by atoms with van der Waals surface area (Å²) in [6.07, 6.45) is 3.34. The number of anilines is 4. The van der Waals surface area contributed by atoms with Gasteiger partial charge >= 0.3 is 0 Å². The molecule has 0 saturated heterocycles. The van der Waals surface area contributed by atoms with E-state index in [0.717, 1.165) is 28.1 Å². The molecule has 0 amide bonds. The summed E-state index contributed by atoms with van der Waals surface area (Å²) >= 11 is 0. The quantitative estimate of drug-likeness (QED) is 0.539. The topological polar surface area (TPSA) is 62.7 Å². The lowest BCUT2D eigenvalue weighted by Gasteiger charge is -2.11. The Labute approximate surface area is 152 Å². The highest BCUT2D eigenvalue weighted by Crippen LogP contribution is 2.25. The van der Waals surface area contributed by atoms with Crippen LogP contribution in [0.25, 0.3) is 10.9 Å². The molecule has 26 heavy (non-hydrogen) atoms. The lowest BCUT2D eigenvalue weighted by Crippen LogP contribution is -1.99. The molecule has 5 nitrogen and oxygen atoms in total. The third-order valence-corrected chi connectivity index (χ3v) is 4.34. The van der Waals surface area contributed by atoms with E-state index >= 15 is 0 Å². The molecule has 4 aromatic rings. The van der Waals surface area contributed by atoms with Crippen molar-refractivity contribution >= 4 is 33.9 Å². The van der Waals surface area contributed by atoms with Gasteiger partial charge in [0, 0.05) is 23.3 Å². The van der Waals surface area contributed by atoms with E-state index in [1.54, 1.807) is 12.5 Å². The molecule has 4 rings (SSSR count). The predicted octanol–water partition coefficient (Wildman–Crippen LogP) is 5.13. The maximum absolute atomic E-state index is 4.46. The molecule has 2 heterocycles. The van der Waals surface area contributed by atoms with Gasteiger partial charge in [-0.1, -0.05) is 24.3 Å². The van der Waals surface area contributed by atoms with E-state index in [2.05, 4.69) is 51.6 Å². The summed E-state index contributed by atoms with van der Waals surface area (Å²) in [6, 6.07) is 18.2. The molecule has 0 bridgehead atoms. The van der Waals surface area contributed by atoms with Gasteiger partial charge in [0.1, 0.15) is 18.0 Å². The molecule has 0 aliphatic rings. The van der Waals surface area contributed by atoms with Crippen LogP contribution >= 0.6 is 0 Å². The maximum Gasteiger partial charge on any atom is 0.135 e. The second-order valence-electron chi connectivity index (χ2n) is 6.22. The fourth-order valence-electron chi connectivity index (χ4n) is 2.80. The Morgan fingerprint density at radius 2 is 1.54 bits per heavy atom. The number of para-hydroxylation sites is 1. The Bertz CT molecular complexity index is 1070. The molecule has 0 unspecified atom stereocenters. The molecule has 0 spiro atoms. The van der Waals surface area contributed by atoms with E-state index in [0.29, 0.717) is 5.82 Å². The molecule has 2 aromatic carbocycles. The molecule has 128 valence electrons. The zero-order valence-electron chi connectivity index (χ0n) is 14.7. The monoisotopic (exact) mass is 341 g/mol. The number of rotatable bonds is 4. The minimum Gasteiger partial charge on any atom is -0.340 e. The SMILES string of the molecule is Cc1ccc(Nc2cc(Nc3cccc4cccnc34)ncn2)cc1C. The first kappa shape index (κ1) is 16.0. The van der Waals surface area contributed by atoms with Gasteiger partial charge in [0.2, 0.25) is 0 Å². The second-order valence-corrected chi connectivity index (χ2v) is 6.22. The van der Waals surface area contributed by atoms with Gasteiger partial charge in [0.05, 0.1) is 11.2 Å². The Balaban J connectivity index is 1.60. The summed E-state index contributed by atoms with van der Waals surface area (Å²) in [5.41, 5.74) is 5.34. The lowest BCUT2D eigenvalue weighted by atomic mass is 10.1. The summed E-state index contributed by atoms with van der Waals surface area (Å²) < 4.78 is 0. The Kier molecular flexibility index (Phi) is 4.19. The second kappa shape index (κ2) is 6.80. The van der Waals surface area contributed by atoms with Crippen molar-refractivity contribution in [2.45, 2.75) is 13.8 Å². The number of pyridine rings is 1. The van der Waals surface area contributed by atoms with E-state index < -0.39 is 0 Å². The largest absolute Gasteiger partial charge is 0.340 e. The first-order chi connectivity index (χ1) is 12.7. The van der Waals surface area contributed by atoms with Crippen LogP contribution in [0.1, 0.15) is 11.1 Å². The van der Waals surface area contributed by atoms with Crippen molar-refractivity contribution < 1.29 is 0 Å². The first-order valence-corrected chi connectivity index (χ1v) is 8.46. The normalized spacial score (nSPS) is 10.7. The van der Waals surface area contributed by atoms with Crippen molar-refractivity contribution in [2.75, 3.05) is 10.6 Å². The zero-order valence-corrected chi connectivity index (χ0v) is 14.7. The van der Waals surface area contributed by atoms with Gasteiger partial charge in [-0.2, -0.15) is 0 Å². The highest BCUT2D eigenvalue weighted by atomic mass is 15.1. The fourth-order valence-corrected chi connectivity index (χ4v) is 2.80. The molecule has 2 aromatic heterocycles. The molecule has 0 aliphatic carbocycles. The number of nitrogens with one attached hydrogen (secondary N) is 2. The number of fused-ring (bicyclic) bond motifs is 1. The summed E-state index contributed by atoms with van der Waals surface area (Å²) in [7, 11) is 0. The van der Waals surface area contributed by atoms with Crippen molar-refractivity contribution in [2.24, 2.45) is 0 Å². The molecule has 0 radical (unpaired) electrons. The minimum absolute atomic E-state index is 0.712. The summed E-state index contributed by atoms with van der Waals surface area (Å²) in [5.74, 6) is 1.45. The van der Waals surface area contributed by atoms with E-state index in [1.165, 1.54) is 11.1 Å². The number of aryl methyl sites for hydroxylation is 2. The van der Waals surface area contributed by atoms with Crippen molar-refractivity contribution in [1.82, 2.24) is 15.0 Å². The molecular weight excluding hydrogens is 322 g/mol. The summed E-state index contributed by atoms with van der Waals surface area (Å²) in [5, 5.41) is 7.75. The third-order valence-electron chi connectivity index (χ3n) is 4.34. The molecule has 0 aliphatic heterocycles. The number of nitrogens with zero attached hydrogens (tertiary/aromatic N) is 3. The van der Waals surface area contributed by atoms with Crippen LogP contribution in [-0.2, 0) is 0 Å². The Morgan fingerprint density at radius 1 is 0.731 bits per heavy atom. The van der Waals surface area contributed by atoms with Crippen molar-refractivity contribution in [3.63, 3.8) is 0 Å². The van der Waals surface area contributed by atoms with E-state index in [9.17, 15) is 0 Å². The van der Waals surface area contributed by atoms with Crippen LogP contribution in [0.2, 0.25) is 0 Å². The molecule has 0 fully saturated rings. The van der Waals surface area contributed by atoms with Gasteiger partial charge in [0.25, 0.3) is 0 Å². The van der Waals surface area contributed by atoms with Gasteiger partial charge in [-0.15, -0.1) is 0 Å². The minimum atomic E-state index is 0.712. The predicted molar refractivity (Wildman–Crippen MR) is 106 cm³/mol. The van der Waals surface area contributed by atoms with Crippen molar-refractivity contribution in [3.05, 3.63) is 78.2 Å². The van der Waals surface area contributed by atoms with Crippen LogP contribution in [0.4, 0.5) is 23.0 Å². The smallest absolute Gasteiger partial charge is 0.135 e. The Hall–Kier alpha value is -3.47. The molecule has 2 N–H and O–H groups in total. The average molecular weight is 341 g/mol. The van der Waals surface area contributed by atoms with Crippen LogP contribution in [0.3, 0.4) is 0 Å². The van der Waals surface area contributed by atoms with Gasteiger partial charge in [0.15, 0.2) is 0 Å². The zero-order chi connectivity index (χ0) is 17.9. The number of aromatic nitrogens is 3. The highest BCUT2D eigenvalue weighted by Gasteiger charge is 2.05. The van der Waals surface area contributed by atoms with Gasteiger partial charge in [-0.3, -0.25) is 4.98 Å². The fraction of sp³-hybridized carbons (Fsp3) is 0.0952.